The zero-order valence-corrected chi connectivity index (χ0v) is 18.6. The number of rotatable bonds is 6. The van der Waals surface area contributed by atoms with Gasteiger partial charge in [0.2, 0.25) is 0 Å². The van der Waals surface area contributed by atoms with E-state index in [-0.39, 0.29) is 10.7 Å². The summed E-state index contributed by atoms with van der Waals surface area (Å²) >= 11 is 2.67. The smallest absolute Gasteiger partial charge is 0.263 e. The molecular weight excluding hydrogens is 469 g/mol. The lowest BCUT2D eigenvalue weighted by molar-refractivity contribution is 0.601. The number of hydrogen-bond donors (Lipinski definition) is 2. The highest BCUT2D eigenvalue weighted by Gasteiger charge is 2.17. The zero-order valence-electron chi connectivity index (χ0n) is 16.2. The first-order chi connectivity index (χ1) is 15.5. The molecule has 0 saturated carbocycles. The summed E-state index contributed by atoms with van der Waals surface area (Å²) in [5.41, 5.74) is 2.40. The normalized spacial score (nSPS) is 11.5. The maximum absolute atomic E-state index is 13.3. The Labute approximate surface area is 190 Å². The highest BCUT2D eigenvalue weighted by atomic mass is 32.2. The van der Waals surface area contributed by atoms with Crippen LogP contribution in [0.15, 0.2) is 76.7 Å². The van der Waals surface area contributed by atoms with Crippen molar-refractivity contribution in [2.24, 2.45) is 0 Å². The summed E-state index contributed by atoms with van der Waals surface area (Å²) in [5.74, 6) is 0.273. The van der Waals surface area contributed by atoms with Crippen LogP contribution in [-0.4, -0.2) is 23.4 Å². The van der Waals surface area contributed by atoms with E-state index in [4.69, 9.17) is 0 Å². The Hall–Kier alpha value is -3.41. The van der Waals surface area contributed by atoms with Crippen molar-refractivity contribution in [1.82, 2.24) is 15.0 Å². The van der Waals surface area contributed by atoms with E-state index in [2.05, 4.69) is 25.0 Å². The molecule has 0 spiro atoms. The molecule has 0 atom stereocenters. The molecule has 5 rings (SSSR count). The lowest BCUT2D eigenvalue weighted by Gasteiger charge is -2.10. The molecule has 0 radical (unpaired) electrons. The minimum Gasteiger partial charge on any atom is -0.340 e. The number of halogens is 1. The van der Waals surface area contributed by atoms with Gasteiger partial charge in [-0.1, -0.05) is 12.1 Å². The molecule has 7 nitrogen and oxygen atoms in total. The molecule has 0 fully saturated rings. The second kappa shape index (κ2) is 8.26. The first-order valence-corrected chi connectivity index (χ1v) is 12.5. The van der Waals surface area contributed by atoms with Gasteiger partial charge in [0.05, 0.1) is 10.3 Å². The molecule has 0 aliphatic heterocycles. The molecule has 32 heavy (non-hydrogen) atoms. The van der Waals surface area contributed by atoms with Crippen LogP contribution in [0.1, 0.15) is 0 Å². The average molecular weight is 484 g/mol. The molecule has 0 saturated heterocycles. The third-order valence-electron chi connectivity index (χ3n) is 4.61. The Morgan fingerprint density at radius 1 is 0.906 bits per heavy atom. The van der Waals surface area contributed by atoms with Crippen LogP contribution >= 0.6 is 22.7 Å². The summed E-state index contributed by atoms with van der Waals surface area (Å²) in [4.78, 5) is 13.6. The second-order valence-electron chi connectivity index (χ2n) is 6.65. The van der Waals surface area contributed by atoms with E-state index in [1.165, 1.54) is 59.5 Å². The number of nitrogens with zero attached hydrogens (tertiary/aromatic N) is 3. The van der Waals surface area contributed by atoms with Gasteiger partial charge in [0, 0.05) is 28.2 Å². The van der Waals surface area contributed by atoms with E-state index in [1.807, 2.05) is 5.38 Å². The molecule has 2 aromatic carbocycles. The fraction of sp³-hybridized carbons (Fsp3) is 0. The quantitative estimate of drug-likeness (QED) is 0.331. The molecule has 0 amide bonds. The number of sulfonamides is 1. The maximum Gasteiger partial charge on any atom is 0.263 e. The largest absolute Gasteiger partial charge is 0.340 e. The first kappa shape index (κ1) is 20.5. The number of thiophene rings is 1. The lowest BCUT2D eigenvalue weighted by Crippen LogP contribution is -2.12. The zero-order chi connectivity index (χ0) is 22.1. The summed E-state index contributed by atoms with van der Waals surface area (Å²) in [6, 6.07) is 12.6. The SMILES string of the molecule is O=S(=O)(Nc1nccs1)c1ccc(Nc2ncnc3scc(-c4ccc(F)cc4)c23)cc1. The summed E-state index contributed by atoms with van der Waals surface area (Å²) in [5, 5.41) is 8.00. The summed E-state index contributed by atoms with van der Waals surface area (Å²) in [6.07, 6.45) is 3.00. The molecule has 5 aromatic rings. The predicted octanol–water partition coefficient (Wildman–Crippen LogP) is 5.50. The van der Waals surface area contributed by atoms with Gasteiger partial charge in [-0.2, -0.15) is 0 Å². The van der Waals surface area contributed by atoms with Crippen LogP contribution in [0.3, 0.4) is 0 Å². The van der Waals surface area contributed by atoms with Crippen LogP contribution in [0.25, 0.3) is 21.3 Å². The molecular formula is C21H14FN5O2S3. The monoisotopic (exact) mass is 483 g/mol. The Morgan fingerprint density at radius 2 is 1.69 bits per heavy atom. The van der Waals surface area contributed by atoms with Crippen LogP contribution in [-0.2, 0) is 10.0 Å². The van der Waals surface area contributed by atoms with Crippen LogP contribution in [0.4, 0.5) is 21.0 Å². The van der Waals surface area contributed by atoms with Crippen molar-refractivity contribution in [2.45, 2.75) is 4.90 Å². The van der Waals surface area contributed by atoms with Gasteiger partial charge in [-0.15, -0.1) is 22.7 Å². The van der Waals surface area contributed by atoms with Crippen molar-refractivity contribution in [3.05, 3.63) is 77.6 Å². The van der Waals surface area contributed by atoms with Gasteiger partial charge in [0.25, 0.3) is 10.0 Å². The highest BCUT2D eigenvalue weighted by molar-refractivity contribution is 7.93. The molecule has 2 N–H and O–H groups in total. The molecule has 3 aromatic heterocycles. The van der Waals surface area contributed by atoms with Crippen LogP contribution in [0.5, 0.6) is 0 Å². The minimum atomic E-state index is -3.73. The molecule has 0 bridgehead atoms. The molecule has 160 valence electrons. The van der Waals surface area contributed by atoms with Gasteiger partial charge in [-0.25, -0.2) is 27.8 Å². The van der Waals surface area contributed by atoms with Crippen molar-refractivity contribution in [2.75, 3.05) is 10.0 Å². The predicted molar refractivity (Wildman–Crippen MR) is 125 cm³/mol. The van der Waals surface area contributed by atoms with Crippen molar-refractivity contribution >= 4 is 59.6 Å². The average Bonchev–Trinajstić information content (AvgIpc) is 3.45. The summed E-state index contributed by atoms with van der Waals surface area (Å²) < 4.78 is 40.8. The Kier molecular flexibility index (Phi) is 5.29. The molecule has 0 unspecified atom stereocenters. The Bertz CT molecular complexity index is 1480. The molecule has 0 aliphatic rings. The minimum absolute atomic E-state index is 0.119. The van der Waals surface area contributed by atoms with Crippen LogP contribution in [0.2, 0.25) is 0 Å². The van der Waals surface area contributed by atoms with Gasteiger partial charge in [-0.05, 0) is 42.0 Å². The van der Waals surface area contributed by atoms with Crippen LogP contribution in [0, 0.1) is 5.82 Å². The molecule has 11 heteroatoms. The number of anilines is 3. The van der Waals surface area contributed by atoms with Gasteiger partial charge >= 0.3 is 0 Å². The van der Waals surface area contributed by atoms with Crippen molar-refractivity contribution in [3.8, 4) is 11.1 Å². The van der Waals surface area contributed by atoms with Gasteiger partial charge < -0.3 is 5.32 Å². The fourth-order valence-electron chi connectivity index (χ4n) is 3.11. The number of nitrogens with one attached hydrogen (secondary N) is 2. The number of thiazole rings is 1. The summed E-state index contributed by atoms with van der Waals surface area (Å²) in [7, 11) is -3.73. The van der Waals surface area contributed by atoms with E-state index in [9.17, 15) is 12.8 Å². The van der Waals surface area contributed by atoms with E-state index < -0.39 is 10.0 Å². The van der Waals surface area contributed by atoms with Crippen molar-refractivity contribution in [3.63, 3.8) is 0 Å². The molecule has 3 heterocycles. The third kappa shape index (κ3) is 4.05. The lowest BCUT2D eigenvalue weighted by atomic mass is 10.1. The van der Waals surface area contributed by atoms with Crippen LogP contribution < -0.4 is 10.0 Å². The topological polar surface area (TPSA) is 96.9 Å². The second-order valence-corrected chi connectivity index (χ2v) is 10.1. The third-order valence-corrected chi connectivity index (χ3v) is 7.67. The van der Waals surface area contributed by atoms with Gasteiger partial charge in [0.15, 0.2) is 5.13 Å². The highest BCUT2D eigenvalue weighted by Crippen LogP contribution is 2.37. The standard InChI is InChI=1S/C21H14FN5O2S3/c22-14-3-1-13(2-4-14)17-11-31-20-18(17)19(24-12-25-20)26-15-5-7-16(8-6-15)32(28,29)27-21-23-9-10-30-21/h1-12H,(H,23,27)(H,24,25,26). The van der Waals surface area contributed by atoms with Crippen molar-refractivity contribution in [1.29, 1.82) is 0 Å². The van der Waals surface area contributed by atoms with E-state index in [1.54, 1.807) is 29.6 Å². The van der Waals surface area contributed by atoms with E-state index >= 15 is 0 Å². The Balaban J connectivity index is 1.45. The Morgan fingerprint density at radius 3 is 2.41 bits per heavy atom. The van der Waals surface area contributed by atoms with Gasteiger partial charge in [-0.3, -0.25) is 4.72 Å². The van der Waals surface area contributed by atoms with E-state index in [0.717, 1.165) is 21.3 Å². The van der Waals surface area contributed by atoms with Gasteiger partial charge in [0.1, 0.15) is 22.8 Å². The maximum atomic E-state index is 13.3. The molecule has 0 aliphatic carbocycles. The van der Waals surface area contributed by atoms with E-state index in [0.29, 0.717) is 16.6 Å². The number of hydrogen-bond acceptors (Lipinski definition) is 8. The summed E-state index contributed by atoms with van der Waals surface area (Å²) in [6.45, 7) is 0. The van der Waals surface area contributed by atoms with Crippen molar-refractivity contribution < 1.29 is 12.8 Å². The number of aromatic nitrogens is 3. The number of benzene rings is 2. The first-order valence-electron chi connectivity index (χ1n) is 9.27. The number of fused-ring (bicyclic) bond motifs is 1. The fourth-order valence-corrected chi connectivity index (χ4v) is 5.82.